The summed E-state index contributed by atoms with van der Waals surface area (Å²) in [7, 11) is 1.40. The predicted molar refractivity (Wildman–Crippen MR) is 189 cm³/mol. The number of aliphatic carboxylic acids is 1. The number of esters is 1. The van der Waals surface area contributed by atoms with Gasteiger partial charge in [0.05, 0.1) is 29.9 Å². The zero-order valence-electron chi connectivity index (χ0n) is 26.3. The van der Waals surface area contributed by atoms with Gasteiger partial charge in [-0.25, -0.2) is 9.97 Å². The molecule has 2 aliphatic rings. The molecule has 0 aromatic carbocycles. The Kier molecular flexibility index (Phi) is 10.1. The first-order valence-corrected chi connectivity index (χ1v) is 17.3. The molecule has 3 N–H and O–H groups in total. The fourth-order valence-corrected chi connectivity index (χ4v) is 7.03. The van der Waals surface area contributed by atoms with Crippen LogP contribution in [-0.4, -0.2) is 54.8 Å². The Labute approximate surface area is 279 Å². The molecule has 10 heteroatoms. The van der Waals surface area contributed by atoms with Crippen LogP contribution in [-0.2, 0) is 27.2 Å². The number of aromatic amines is 2. The predicted octanol–water partition coefficient (Wildman–Crippen LogP) is 8.49. The van der Waals surface area contributed by atoms with Crippen molar-refractivity contribution in [1.82, 2.24) is 19.9 Å². The number of carbonyl (C=O) groups is 2. The number of carboxylic acid groups (broad SMARTS) is 1. The summed E-state index contributed by atoms with van der Waals surface area (Å²) in [5.74, 6) is -1.13. The number of ether oxygens (including phenoxy) is 1. The molecule has 0 atom stereocenters. The van der Waals surface area contributed by atoms with E-state index in [1.54, 1.807) is 0 Å². The second-order valence-corrected chi connectivity index (χ2v) is 13.1. The number of fused-ring (bicyclic) bond motifs is 8. The highest BCUT2D eigenvalue weighted by Gasteiger charge is 2.21. The number of aromatic nitrogens is 4. The minimum absolute atomic E-state index is 0.00129. The van der Waals surface area contributed by atoms with E-state index in [-0.39, 0.29) is 18.8 Å². The number of aryl methyl sites for hydroxylation is 4. The van der Waals surface area contributed by atoms with Crippen LogP contribution in [0.3, 0.4) is 0 Å². The normalized spacial score (nSPS) is 13.1. The number of hydrogen-bond acceptors (Lipinski definition) is 5. The third-order valence-electron chi connectivity index (χ3n) is 8.89. The van der Waals surface area contributed by atoms with Crippen LogP contribution in [0.1, 0.15) is 84.6 Å². The molecule has 0 spiro atoms. The molecule has 5 rings (SSSR count). The van der Waals surface area contributed by atoms with Gasteiger partial charge in [0, 0.05) is 45.6 Å². The standard InChI is InChI=1S/C35H38Br2N4O4/c1-18-22(6-8-34(42)43)32-17-33-23(7-9-35(44)45-5)19(2)28(41-33)15-31-25(11-13-37)21(4)29(40-31)16-30-24(10-12-36)20(3)27(38-30)14-26(18)39-32/h14-17,38,41H,6-13H2,1-5H3,(H,42,43). The fraction of sp³-hybridized carbons (Fsp3) is 0.371. The first-order chi connectivity index (χ1) is 21.6. The summed E-state index contributed by atoms with van der Waals surface area (Å²) < 4.78 is 4.95. The van der Waals surface area contributed by atoms with E-state index >= 15 is 0 Å². The van der Waals surface area contributed by atoms with Crippen LogP contribution < -0.4 is 0 Å². The number of rotatable bonds is 10. The molecule has 0 aliphatic carbocycles. The lowest BCUT2D eigenvalue weighted by Gasteiger charge is -2.03. The second kappa shape index (κ2) is 13.9. The maximum Gasteiger partial charge on any atom is 0.305 e. The lowest BCUT2D eigenvalue weighted by molar-refractivity contribution is -0.140. The van der Waals surface area contributed by atoms with Crippen LogP contribution in [0.4, 0.5) is 0 Å². The molecule has 8 bridgehead atoms. The lowest BCUT2D eigenvalue weighted by Crippen LogP contribution is -2.02. The van der Waals surface area contributed by atoms with Gasteiger partial charge in [0.25, 0.3) is 0 Å². The second-order valence-electron chi connectivity index (χ2n) is 11.5. The zero-order valence-corrected chi connectivity index (χ0v) is 29.5. The molecule has 45 heavy (non-hydrogen) atoms. The molecular formula is C35H38Br2N4O4. The van der Waals surface area contributed by atoms with Gasteiger partial charge < -0.3 is 19.8 Å². The number of nitrogens with zero attached hydrogens (tertiary/aromatic N) is 2. The van der Waals surface area contributed by atoms with Crippen LogP contribution in [0.25, 0.3) is 44.4 Å². The van der Waals surface area contributed by atoms with Crippen molar-refractivity contribution in [3.63, 3.8) is 0 Å². The van der Waals surface area contributed by atoms with Crippen molar-refractivity contribution in [1.29, 1.82) is 0 Å². The number of methoxy groups -OCH3 is 1. The molecule has 5 heterocycles. The van der Waals surface area contributed by atoms with Gasteiger partial charge in [-0.2, -0.15) is 0 Å². The van der Waals surface area contributed by atoms with Crippen molar-refractivity contribution in [2.24, 2.45) is 0 Å². The van der Waals surface area contributed by atoms with E-state index in [0.717, 1.165) is 102 Å². The van der Waals surface area contributed by atoms with Crippen molar-refractivity contribution in [2.75, 3.05) is 17.8 Å². The average molecular weight is 739 g/mol. The molecule has 0 radical (unpaired) electrons. The zero-order chi connectivity index (χ0) is 32.4. The number of hydrogen-bond donors (Lipinski definition) is 3. The Morgan fingerprint density at radius 1 is 0.689 bits per heavy atom. The SMILES string of the molecule is COC(=O)CCc1c(C)c2cc3nc(cc4[nH]c(cc5nc(cc1[nH]2)C(CCC(=O)O)=C5C)c(C)c4CCBr)C(C)=C3CCBr. The van der Waals surface area contributed by atoms with E-state index in [4.69, 9.17) is 14.7 Å². The summed E-state index contributed by atoms with van der Waals surface area (Å²) in [6.07, 6.45) is 2.76. The quantitative estimate of drug-likeness (QED) is 0.142. The molecule has 236 valence electrons. The van der Waals surface area contributed by atoms with Crippen molar-refractivity contribution < 1.29 is 19.4 Å². The molecule has 2 aliphatic heterocycles. The van der Waals surface area contributed by atoms with Crippen molar-refractivity contribution in [3.8, 4) is 0 Å². The largest absolute Gasteiger partial charge is 0.481 e. The Bertz CT molecular complexity index is 1920. The molecule has 0 saturated heterocycles. The first kappa shape index (κ1) is 32.9. The Morgan fingerprint density at radius 2 is 1.16 bits per heavy atom. The first-order valence-electron chi connectivity index (χ1n) is 15.1. The van der Waals surface area contributed by atoms with Crippen LogP contribution in [0.2, 0.25) is 0 Å². The number of allylic oxidation sites excluding steroid dienone is 4. The highest BCUT2D eigenvalue weighted by Crippen LogP contribution is 2.37. The number of carbonyl (C=O) groups excluding carboxylic acids is 1. The molecule has 0 unspecified atom stereocenters. The topological polar surface area (TPSA) is 121 Å². The summed E-state index contributed by atoms with van der Waals surface area (Å²) in [5, 5.41) is 11.2. The fourth-order valence-electron chi connectivity index (χ4n) is 6.24. The molecule has 0 saturated carbocycles. The Morgan fingerprint density at radius 3 is 1.67 bits per heavy atom. The van der Waals surface area contributed by atoms with Crippen LogP contribution >= 0.6 is 31.9 Å². The van der Waals surface area contributed by atoms with Gasteiger partial charge in [-0.05, 0) is 122 Å². The molecule has 0 fully saturated rings. The van der Waals surface area contributed by atoms with E-state index < -0.39 is 5.97 Å². The molecule has 8 nitrogen and oxygen atoms in total. The van der Waals surface area contributed by atoms with E-state index in [9.17, 15) is 14.7 Å². The molecule has 0 amide bonds. The summed E-state index contributed by atoms with van der Waals surface area (Å²) in [4.78, 5) is 41.3. The van der Waals surface area contributed by atoms with Crippen molar-refractivity contribution in [3.05, 3.63) is 69.3 Å². The van der Waals surface area contributed by atoms with E-state index in [1.807, 2.05) is 13.0 Å². The van der Waals surface area contributed by atoms with Gasteiger partial charge >= 0.3 is 11.9 Å². The van der Waals surface area contributed by atoms with Crippen LogP contribution in [0, 0.1) is 13.8 Å². The summed E-state index contributed by atoms with van der Waals surface area (Å²) in [5.41, 5.74) is 15.7. The van der Waals surface area contributed by atoms with Gasteiger partial charge in [-0.1, -0.05) is 31.9 Å². The summed E-state index contributed by atoms with van der Waals surface area (Å²) in [6, 6.07) is 8.31. The van der Waals surface area contributed by atoms with Crippen LogP contribution in [0.15, 0.2) is 24.3 Å². The van der Waals surface area contributed by atoms with Crippen molar-refractivity contribution in [2.45, 2.75) is 66.2 Å². The number of alkyl halides is 2. The average Bonchev–Trinajstić information content (AvgIpc) is 3.66. The smallest absolute Gasteiger partial charge is 0.305 e. The van der Waals surface area contributed by atoms with E-state index in [2.05, 4.69) is 80.8 Å². The number of H-pyrrole nitrogens is 2. The van der Waals surface area contributed by atoms with Gasteiger partial charge in [0.1, 0.15) is 0 Å². The van der Waals surface area contributed by atoms with E-state index in [0.29, 0.717) is 12.8 Å². The van der Waals surface area contributed by atoms with Gasteiger partial charge in [0.15, 0.2) is 0 Å². The third-order valence-corrected chi connectivity index (χ3v) is 9.68. The minimum atomic E-state index is -0.854. The lowest BCUT2D eigenvalue weighted by atomic mass is 10.00. The maximum atomic E-state index is 12.2. The molecular weight excluding hydrogens is 700 g/mol. The van der Waals surface area contributed by atoms with Gasteiger partial charge in [0.2, 0.25) is 0 Å². The maximum absolute atomic E-state index is 12.2. The van der Waals surface area contributed by atoms with Gasteiger partial charge in [-0.3, -0.25) is 9.59 Å². The summed E-state index contributed by atoms with van der Waals surface area (Å²) >= 11 is 7.28. The number of carboxylic acids is 1. The molecule has 3 aromatic heterocycles. The van der Waals surface area contributed by atoms with Gasteiger partial charge in [-0.15, -0.1) is 0 Å². The van der Waals surface area contributed by atoms with Crippen molar-refractivity contribution >= 4 is 88.2 Å². The van der Waals surface area contributed by atoms with E-state index in [1.165, 1.54) is 18.2 Å². The highest BCUT2D eigenvalue weighted by atomic mass is 79.9. The number of nitrogens with one attached hydrogen (secondary N) is 2. The highest BCUT2D eigenvalue weighted by molar-refractivity contribution is 9.09. The molecule has 3 aromatic rings. The summed E-state index contributed by atoms with van der Waals surface area (Å²) in [6.45, 7) is 8.32. The Balaban J connectivity index is 1.91. The van der Waals surface area contributed by atoms with Crippen LogP contribution in [0.5, 0.6) is 0 Å². The monoisotopic (exact) mass is 736 g/mol. The third kappa shape index (κ3) is 6.72. The number of halogens is 2. The Hall–Kier alpha value is -3.50. The minimum Gasteiger partial charge on any atom is -0.481 e.